The lowest BCUT2D eigenvalue weighted by molar-refractivity contribution is -0.146. The molecule has 0 atom stereocenters. The Balaban J connectivity index is 1.72. The van der Waals surface area contributed by atoms with Gasteiger partial charge in [-0.05, 0) is 67.8 Å². The van der Waals surface area contributed by atoms with Gasteiger partial charge in [-0.2, -0.15) is 0 Å². The number of aliphatic carboxylic acids is 1. The van der Waals surface area contributed by atoms with Crippen molar-refractivity contribution in [1.29, 1.82) is 0 Å². The molecule has 3 heteroatoms. The van der Waals surface area contributed by atoms with Gasteiger partial charge in [-0.15, -0.1) is 0 Å². The molecule has 92 valence electrons. The van der Waals surface area contributed by atoms with E-state index in [-0.39, 0.29) is 0 Å². The van der Waals surface area contributed by atoms with E-state index in [0.717, 1.165) is 11.8 Å². The first-order valence-electron chi connectivity index (χ1n) is 6.59. The highest BCUT2D eigenvalue weighted by Crippen LogP contribution is 2.56. The highest BCUT2D eigenvalue weighted by atomic mass is 16.4. The molecule has 4 rings (SSSR count). The summed E-state index contributed by atoms with van der Waals surface area (Å²) < 4.78 is 0. The standard InChI is InChI=1S/C14H18O3/c15-13(14(16)17)2-1-12-10-4-8-3-9(6-10)7-11(12)5-8/h1-2,8-12H,3-7H2,(H,16,17)/b2-1+. The molecule has 0 aromatic carbocycles. The van der Waals surface area contributed by atoms with E-state index in [0.29, 0.717) is 17.8 Å². The molecule has 1 N–H and O–H groups in total. The summed E-state index contributed by atoms with van der Waals surface area (Å²) in [4.78, 5) is 21.6. The van der Waals surface area contributed by atoms with Crippen LogP contribution in [0, 0.1) is 29.6 Å². The molecule has 0 spiro atoms. The fraction of sp³-hybridized carbons (Fsp3) is 0.714. The molecule has 0 radical (unpaired) electrons. The smallest absolute Gasteiger partial charge is 0.376 e. The van der Waals surface area contributed by atoms with Crippen molar-refractivity contribution < 1.29 is 14.7 Å². The second-order valence-electron chi connectivity index (χ2n) is 6.04. The zero-order valence-corrected chi connectivity index (χ0v) is 9.84. The quantitative estimate of drug-likeness (QED) is 0.602. The van der Waals surface area contributed by atoms with E-state index in [4.69, 9.17) is 5.11 Å². The number of hydrogen-bond acceptors (Lipinski definition) is 2. The molecule has 3 nitrogen and oxygen atoms in total. The molecule has 4 fully saturated rings. The Hall–Kier alpha value is -1.12. The van der Waals surface area contributed by atoms with Crippen LogP contribution >= 0.6 is 0 Å². The molecule has 0 amide bonds. The maximum Gasteiger partial charge on any atom is 0.376 e. The third-order valence-corrected chi connectivity index (χ3v) is 4.98. The molecular formula is C14H18O3. The molecule has 4 saturated carbocycles. The first-order valence-corrected chi connectivity index (χ1v) is 6.59. The van der Waals surface area contributed by atoms with Crippen molar-refractivity contribution in [2.24, 2.45) is 29.6 Å². The molecule has 0 heterocycles. The van der Waals surface area contributed by atoms with Crippen LogP contribution in [-0.2, 0) is 9.59 Å². The second-order valence-corrected chi connectivity index (χ2v) is 6.04. The highest BCUT2D eigenvalue weighted by molar-refractivity contribution is 6.37. The van der Waals surface area contributed by atoms with Crippen molar-refractivity contribution in [2.45, 2.75) is 32.1 Å². The second kappa shape index (κ2) is 3.97. The summed E-state index contributed by atoms with van der Waals surface area (Å²) in [6.07, 6.45) is 9.77. The van der Waals surface area contributed by atoms with Gasteiger partial charge < -0.3 is 5.11 Å². The van der Waals surface area contributed by atoms with Crippen LogP contribution in [0.5, 0.6) is 0 Å². The van der Waals surface area contributed by atoms with Crippen molar-refractivity contribution in [1.82, 2.24) is 0 Å². The third kappa shape index (κ3) is 1.92. The van der Waals surface area contributed by atoms with Crippen LogP contribution in [0.2, 0.25) is 0 Å². The van der Waals surface area contributed by atoms with Gasteiger partial charge in [0.25, 0.3) is 5.78 Å². The van der Waals surface area contributed by atoms with E-state index in [1.54, 1.807) is 0 Å². The average Bonchev–Trinajstić information content (AvgIpc) is 2.26. The minimum absolute atomic E-state index is 0.464. The Bertz CT molecular complexity index is 355. The van der Waals surface area contributed by atoms with Gasteiger partial charge in [0, 0.05) is 0 Å². The fourth-order valence-electron chi connectivity index (χ4n) is 4.55. The number of rotatable bonds is 3. The fourth-order valence-corrected chi connectivity index (χ4v) is 4.55. The first-order chi connectivity index (χ1) is 8.13. The van der Waals surface area contributed by atoms with Crippen LogP contribution in [0.15, 0.2) is 12.2 Å². The summed E-state index contributed by atoms with van der Waals surface area (Å²) in [6, 6.07) is 0. The summed E-state index contributed by atoms with van der Waals surface area (Å²) in [5, 5.41) is 8.56. The first kappa shape index (κ1) is 11.0. The zero-order valence-electron chi connectivity index (χ0n) is 9.84. The Morgan fingerprint density at radius 3 is 1.94 bits per heavy atom. The molecule has 0 unspecified atom stereocenters. The largest absolute Gasteiger partial charge is 0.475 e. The van der Waals surface area contributed by atoms with Gasteiger partial charge in [-0.3, -0.25) is 4.79 Å². The number of carbonyl (C=O) groups excluding carboxylic acids is 1. The van der Waals surface area contributed by atoms with E-state index < -0.39 is 11.8 Å². The molecule has 4 bridgehead atoms. The van der Waals surface area contributed by atoms with E-state index in [1.165, 1.54) is 38.2 Å². The summed E-state index contributed by atoms with van der Waals surface area (Å²) in [5.41, 5.74) is 0. The van der Waals surface area contributed by atoms with Gasteiger partial charge in [0.15, 0.2) is 0 Å². The number of carboxylic acid groups (broad SMARTS) is 1. The van der Waals surface area contributed by atoms with E-state index in [1.807, 2.05) is 6.08 Å². The van der Waals surface area contributed by atoms with Crippen LogP contribution in [0.3, 0.4) is 0 Å². The summed E-state index contributed by atoms with van der Waals surface area (Å²) >= 11 is 0. The van der Waals surface area contributed by atoms with Crippen molar-refractivity contribution >= 4 is 11.8 Å². The predicted octanol–water partition coefficient (Wildman–Crippen LogP) is 2.27. The summed E-state index contributed by atoms with van der Waals surface area (Å²) in [6.45, 7) is 0. The lowest BCUT2D eigenvalue weighted by Gasteiger charge is -2.53. The molecule has 17 heavy (non-hydrogen) atoms. The van der Waals surface area contributed by atoms with E-state index in [9.17, 15) is 9.59 Å². The highest BCUT2D eigenvalue weighted by Gasteiger charge is 2.47. The van der Waals surface area contributed by atoms with Crippen LogP contribution < -0.4 is 0 Å². The topological polar surface area (TPSA) is 54.4 Å². The number of allylic oxidation sites excluding steroid dienone is 1. The number of ketones is 1. The van der Waals surface area contributed by atoms with Crippen molar-refractivity contribution in [3.8, 4) is 0 Å². The zero-order chi connectivity index (χ0) is 12.0. The third-order valence-electron chi connectivity index (χ3n) is 4.98. The molecular weight excluding hydrogens is 216 g/mol. The van der Waals surface area contributed by atoms with Crippen molar-refractivity contribution in [2.75, 3.05) is 0 Å². The lowest BCUT2D eigenvalue weighted by atomic mass is 9.52. The molecule has 4 aliphatic carbocycles. The van der Waals surface area contributed by atoms with Gasteiger partial charge in [0.05, 0.1) is 0 Å². The van der Waals surface area contributed by atoms with Crippen molar-refractivity contribution in [3.63, 3.8) is 0 Å². The van der Waals surface area contributed by atoms with Gasteiger partial charge in [-0.1, -0.05) is 6.08 Å². The number of carbonyl (C=O) groups is 2. The van der Waals surface area contributed by atoms with Crippen LogP contribution in [0.1, 0.15) is 32.1 Å². The van der Waals surface area contributed by atoms with Crippen molar-refractivity contribution in [3.05, 3.63) is 12.2 Å². The van der Waals surface area contributed by atoms with Crippen LogP contribution in [0.4, 0.5) is 0 Å². The van der Waals surface area contributed by atoms with Gasteiger partial charge in [-0.25, -0.2) is 4.79 Å². The maximum atomic E-state index is 11.1. The SMILES string of the molecule is O=C(O)C(=O)/C=C/C1C2CC3CC(C2)CC1C3. The minimum atomic E-state index is -1.34. The lowest BCUT2D eigenvalue weighted by Crippen LogP contribution is -2.44. The molecule has 4 aliphatic rings. The monoisotopic (exact) mass is 234 g/mol. The maximum absolute atomic E-state index is 11.1. The molecule has 0 saturated heterocycles. The molecule has 0 aromatic heterocycles. The minimum Gasteiger partial charge on any atom is -0.475 e. The van der Waals surface area contributed by atoms with Crippen LogP contribution in [-0.4, -0.2) is 16.9 Å². The van der Waals surface area contributed by atoms with Gasteiger partial charge in [0.2, 0.25) is 0 Å². The Kier molecular flexibility index (Phi) is 2.57. The number of carboxylic acids is 1. The van der Waals surface area contributed by atoms with Crippen LogP contribution in [0.25, 0.3) is 0 Å². The van der Waals surface area contributed by atoms with Gasteiger partial charge >= 0.3 is 5.97 Å². The predicted molar refractivity (Wildman–Crippen MR) is 62.3 cm³/mol. The Morgan fingerprint density at radius 1 is 0.941 bits per heavy atom. The normalized spacial score (nSPS) is 43.2. The number of hydrogen-bond donors (Lipinski definition) is 1. The molecule has 0 aliphatic heterocycles. The van der Waals surface area contributed by atoms with E-state index in [2.05, 4.69) is 0 Å². The molecule has 0 aromatic rings. The van der Waals surface area contributed by atoms with Gasteiger partial charge in [0.1, 0.15) is 0 Å². The Morgan fingerprint density at radius 2 is 1.47 bits per heavy atom. The van der Waals surface area contributed by atoms with E-state index >= 15 is 0 Å². The summed E-state index contributed by atoms with van der Waals surface area (Å²) in [5.74, 6) is 1.60. The Labute approximate surface area is 101 Å². The average molecular weight is 234 g/mol. The summed E-state index contributed by atoms with van der Waals surface area (Å²) in [7, 11) is 0.